The molecule has 24 heavy (non-hydrogen) atoms. The molecule has 0 saturated carbocycles. The van der Waals surface area contributed by atoms with Crippen LogP contribution in [0.2, 0.25) is 0 Å². The fourth-order valence-electron chi connectivity index (χ4n) is 1.93. The van der Waals surface area contributed by atoms with Crippen LogP contribution in [0.25, 0.3) is 0 Å². The maximum absolute atomic E-state index is 11.9. The van der Waals surface area contributed by atoms with Gasteiger partial charge in [-0.2, -0.15) is 0 Å². The van der Waals surface area contributed by atoms with Crippen molar-refractivity contribution in [3.05, 3.63) is 47.9 Å². The molecule has 0 spiro atoms. The van der Waals surface area contributed by atoms with Gasteiger partial charge in [-0.1, -0.05) is 26.0 Å². The van der Waals surface area contributed by atoms with Crippen LogP contribution in [0.15, 0.2) is 36.7 Å². The third kappa shape index (κ3) is 4.77. The topological polar surface area (TPSA) is 104 Å². The highest BCUT2D eigenvalue weighted by Crippen LogP contribution is 2.14. The van der Waals surface area contributed by atoms with E-state index in [1.54, 1.807) is 0 Å². The molecule has 126 valence electrons. The molecule has 0 aliphatic carbocycles. The van der Waals surface area contributed by atoms with E-state index >= 15 is 0 Å². The fourth-order valence-corrected chi connectivity index (χ4v) is 1.93. The van der Waals surface area contributed by atoms with E-state index in [4.69, 9.17) is 5.11 Å². The predicted molar refractivity (Wildman–Crippen MR) is 90.8 cm³/mol. The Kier molecular flexibility index (Phi) is 5.83. The smallest absolute Gasteiger partial charge is 0.356 e. The third-order valence-electron chi connectivity index (χ3n) is 3.60. The van der Waals surface area contributed by atoms with E-state index in [2.05, 4.69) is 20.6 Å². The van der Waals surface area contributed by atoms with Crippen LogP contribution in [0.5, 0.6) is 0 Å². The summed E-state index contributed by atoms with van der Waals surface area (Å²) in [6.07, 6.45) is 3.36. The molecule has 0 aliphatic rings. The molecule has 0 bridgehead atoms. The number of hydrogen-bond donors (Lipinski definition) is 3. The summed E-state index contributed by atoms with van der Waals surface area (Å²) in [5.74, 6) is -0.666. The molecule has 7 heteroatoms. The fraction of sp³-hybridized carbons (Fsp3) is 0.294. The van der Waals surface area contributed by atoms with Gasteiger partial charge in [0.25, 0.3) is 0 Å². The standard InChI is InChI=1S/C17H20N4O3/c1-3-11(2)16(22)21-13-6-4-5-12(7-13)8-19-15-10-18-14(9-20-15)17(23)24/h4-7,9-11H,3,8H2,1-2H3,(H,19,20)(H,21,22)(H,23,24). The van der Waals surface area contributed by atoms with Gasteiger partial charge in [0.15, 0.2) is 5.69 Å². The second-order valence-electron chi connectivity index (χ2n) is 5.44. The summed E-state index contributed by atoms with van der Waals surface area (Å²) < 4.78 is 0. The Balaban J connectivity index is 1.96. The average molecular weight is 328 g/mol. The molecular weight excluding hydrogens is 308 g/mol. The number of amides is 1. The van der Waals surface area contributed by atoms with Gasteiger partial charge in [-0.15, -0.1) is 0 Å². The highest BCUT2D eigenvalue weighted by molar-refractivity contribution is 5.92. The number of carboxylic acids is 1. The number of nitrogens with one attached hydrogen (secondary N) is 2. The number of carbonyl (C=O) groups is 2. The predicted octanol–water partition coefficient (Wildman–Crippen LogP) is 2.77. The van der Waals surface area contributed by atoms with Gasteiger partial charge < -0.3 is 15.7 Å². The van der Waals surface area contributed by atoms with Gasteiger partial charge in [0.2, 0.25) is 5.91 Å². The molecule has 2 rings (SSSR count). The Labute approximate surface area is 140 Å². The van der Waals surface area contributed by atoms with Gasteiger partial charge in [-0.25, -0.2) is 14.8 Å². The molecule has 1 amide bonds. The zero-order valence-corrected chi connectivity index (χ0v) is 13.6. The Morgan fingerprint density at radius 2 is 2.04 bits per heavy atom. The van der Waals surface area contributed by atoms with Gasteiger partial charge in [0, 0.05) is 18.2 Å². The monoisotopic (exact) mass is 328 g/mol. The van der Waals surface area contributed by atoms with E-state index in [1.807, 2.05) is 38.1 Å². The Bertz CT molecular complexity index is 716. The first-order valence-corrected chi connectivity index (χ1v) is 7.68. The van der Waals surface area contributed by atoms with Gasteiger partial charge in [-0.3, -0.25) is 4.79 Å². The molecule has 1 aromatic carbocycles. The van der Waals surface area contributed by atoms with Crippen LogP contribution in [-0.2, 0) is 11.3 Å². The number of carboxylic acid groups (broad SMARTS) is 1. The molecule has 0 saturated heterocycles. The van der Waals surface area contributed by atoms with Crippen LogP contribution in [0.3, 0.4) is 0 Å². The van der Waals surface area contributed by atoms with Gasteiger partial charge in [0.1, 0.15) is 5.82 Å². The molecule has 1 atom stereocenters. The second kappa shape index (κ2) is 8.05. The molecule has 1 heterocycles. The molecule has 1 aromatic heterocycles. The molecule has 3 N–H and O–H groups in total. The van der Waals surface area contributed by atoms with Crippen LogP contribution in [0, 0.1) is 5.92 Å². The quantitative estimate of drug-likeness (QED) is 0.722. The van der Waals surface area contributed by atoms with Crippen LogP contribution in [0.1, 0.15) is 36.3 Å². The third-order valence-corrected chi connectivity index (χ3v) is 3.60. The number of aromatic carboxylic acids is 1. The molecule has 0 aliphatic heterocycles. The van der Waals surface area contributed by atoms with Crippen molar-refractivity contribution in [1.82, 2.24) is 9.97 Å². The highest BCUT2D eigenvalue weighted by atomic mass is 16.4. The molecule has 1 unspecified atom stereocenters. The number of carbonyl (C=O) groups excluding carboxylic acids is 1. The number of anilines is 2. The minimum Gasteiger partial charge on any atom is -0.476 e. The summed E-state index contributed by atoms with van der Waals surface area (Å²) in [6, 6.07) is 7.50. The number of aromatic nitrogens is 2. The summed E-state index contributed by atoms with van der Waals surface area (Å²) in [4.78, 5) is 30.4. The van der Waals surface area contributed by atoms with Crippen LogP contribution in [-0.4, -0.2) is 27.0 Å². The molecule has 0 radical (unpaired) electrons. The lowest BCUT2D eigenvalue weighted by Crippen LogP contribution is -2.19. The lowest BCUT2D eigenvalue weighted by atomic mass is 10.1. The van der Waals surface area contributed by atoms with E-state index in [0.29, 0.717) is 12.4 Å². The number of benzene rings is 1. The number of rotatable bonds is 7. The van der Waals surface area contributed by atoms with Crippen molar-refractivity contribution in [2.24, 2.45) is 5.92 Å². The Morgan fingerprint density at radius 1 is 1.25 bits per heavy atom. The number of hydrogen-bond acceptors (Lipinski definition) is 5. The van der Waals surface area contributed by atoms with Crippen molar-refractivity contribution < 1.29 is 14.7 Å². The van der Waals surface area contributed by atoms with Crippen molar-refractivity contribution in [2.45, 2.75) is 26.8 Å². The zero-order chi connectivity index (χ0) is 17.5. The maximum atomic E-state index is 11.9. The largest absolute Gasteiger partial charge is 0.476 e. The first-order valence-electron chi connectivity index (χ1n) is 7.68. The minimum absolute atomic E-state index is 0.00210. The molecule has 7 nitrogen and oxygen atoms in total. The van der Waals surface area contributed by atoms with E-state index in [0.717, 1.165) is 17.7 Å². The van der Waals surface area contributed by atoms with E-state index in [9.17, 15) is 9.59 Å². The average Bonchev–Trinajstić information content (AvgIpc) is 2.59. The van der Waals surface area contributed by atoms with Crippen LogP contribution >= 0.6 is 0 Å². The summed E-state index contributed by atoms with van der Waals surface area (Å²) in [7, 11) is 0. The van der Waals surface area contributed by atoms with Gasteiger partial charge >= 0.3 is 5.97 Å². The normalized spacial score (nSPS) is 11.6. The summed E-state index contributed by atoms with van der Waals surface area (Å²) >= 11 is 0. The first kappa shape index (κ1) is 17.4. The van der Waals surface area contributed by atoms with Crippen molar-refractivity contribution in [3.8, 4) is 0 Å². The first-order chi connectivity index (χ1) is 11.5. The molecule has 2 aromatic rings. The van der Waals surface area contributed by atoms with E-state index < -0.39 is 5.97 Å². The Morgan fingerprint density at radius 3 is 2.67 bits per heavy atom. The summed E-state index contributed by atoms with van der Waals surface area (Å²) in [5.41, 5.74) is 1.60. The lowest BCUT2D eigenvalue weighted by molar-refractivity contribution is -0.119. The van der Waals surface area contributed by atoms with Crippen molar-refractivity contribution in [2.75, 3.05) is 10.6 Å². The van der Waals surface area contributed by atoms with E-state index in [-0.39, 0.29) is 17.5 Å². The molecular formula is C17H20N4O3. The van der Waals surface area contributed by atoms with Crippen molar-refractivity contribution in [1.29, 1.82) is 0 Å². The summed E-state index contributed by atoms with van der Waals surface area (Å²) in [6.45, 7) is 4.34. The van der Waals surface area contributed by atoms with Crippen LogP contribution in [0.4, 0.5) is 11.5 Å². The van der Waals surface area contributed by atoms with Gasteiger partial charge in [0.05, 0.1) is 12.4 Å². The minimum atomic E-state index is -1.11. The summed E-state index contributed by atoms with van der Waals surface area (Å²) in [5, 5.41) is 14.7. The highest BCUT2D eigenvalue weighted by Gasteiger charge is 2.10. The number of nitrogens with zero attached hydrogens (tertiary/aromatic N) is 2. The van der Waals surface area contributed by atoms with Crippen molar-refractivity contribution >= 4 is 23.4 Å². The maximum Gasteiger partial charge on any atom is 0.356 e. The van der Waals surface area contributed by atoms with E-state index in [1.165, 1.54) is 12.4 Å². The Hall–Kier alpha value is -2.96. The second-order valence-corrected chi connectivity index (χ2v) is 5.44. The van der Waals surface area contributed by atoms with Gasteiger partial charge in [-0.05, 0) is 24.1 Å². The SMILES string of the molecule is CCC(C)C(=O)Nc1cccc(CNc2cnc(C(=O)O)cn2)c1. The lowest BCUT2D eigenvalue weighted by Gasteiger charge is -2.11. The zero-order valence-electron chi connectivity index (χ0n) is 13.6. The van der Waals surface area contributed by atoms with Crippen LogP contribution < -0.4 is 10.6 Å². The van der Waals surface area contributed by atoms with Crippen molar-refractivity contribution in [3.63, 3.8) is 0 Å². The molecule has 0 fully saturated rings.